The van der Waals surface area contributed by atoms with Crippen molar-refractivity contribution in [1.29, 1.82) is 0 Å². The molecule has 1 aromatic heterocycles. The van der Waals surface area contributed by atoms with E-state index in [9.17, 15) is 9.59 Å². The van der Waals surface area contributed by atoms with Crippen LogP contribution in [0.2, 0.25) is 0 Å². The molecule has 0 fully saturated rings. The highest BCUT2D eigenvalue weighted by Gasteiger charge is 2.14. The third kappa shape index (κ3) is 5.72. The van der Waals surface area contributed by atoms with Gasteiger partial charge in [-0.05, 0) is 49.2 Å². The van der Waals surface area contributed by atoms with Gasteiger partial charge in [-0.25, -0.2) is 9.78 Å². The molecule has 0 aliphatic carbocycles. The van der Waals surface area contributed by atoms with Crippen molar-refractivity contribution in [3.05, 3.63) is 70.3 Å². The van der Waals surface area contributed by atoms with E-state index in [0.29, 0.717) is 34.8 Å². The molecule has 7 nitrogen and oxygen atoms in total. The smallest absolute Gasteiger partial charge is 0.331 e. The zero-order valence-corrected chi connectivity index (χ0v) is 17.9. The summed E-state index contributed by atoms with van der Waals surface area (Å²) in [6.07, 6.45) is 4.25. The second-order valence-corrected chi connectivity index (χ2v) is 6.99. The normalized spacial score (nSPS) is 12.1. The van der Waals surface area contributed by atoms with E-state index in [2.05, 4.69) is 16.9 Å². The van der Waals surface area contributed by atoms with Crippen LogP contribution in [-0.4, -0.2) is 29.7 Å². The van der Waals surface area contributed by atoms with Crippen LogP contribution in [0.15, 0.2) is 53.3 Å². The maximum absolute atomic E-state index is 12.3. The molecule has 3 rings (SSSR count). The van der Waals surface area contributed by atoms with E-state index in [1.807, 2.05) is 12.1 Å². The Morgan fingerprint density at radius 3 is 2.77 bits per heavy atom. The SMILES string of the molecule is CCCCOc1ccc(/C=C/C(=O)O[C@@H](C)c2nc3ccccc3c(=O)[nH]2)cc1OC. The first-order valence-electron chi connectivity index (χ1n) is 10.2. The summed E-state index contributed by atoms with van der Waals surface area (Å²) >= 11 is 0. The predicted octanol–water partition coefficient (Wildman–Crippen LogP) is 4.43. The van der Waals surface area contributed by atoms with Crippen molar-refractivity contribution >= 4 is 22.9 Å². The van der Waals surface area contributed by atoms with Crippen LogP contribution in [0, 0.1) is 0 Å². The molecule has 0 radical (unpaired) electrons. The molecule has 3 aromatic rings. The molecule has 2 aromatic carbocycles. The number of methoxy groups -OCH3 is 1. The highest BCUT2D eigenvalue weighted by atomic mass is 16.5. The maximum atomic E-state index is 12.3. The van der Waals surface area contributed by atoms with E-state index in [1.165, 1.54) is 6.08 Å². The molecule has 0 saturated heterocycles. The molecule has 0 aliphatic rings. The number of carbonyl (C=O) groups excluding carboxylic acids is 1. The summed E-state index contributed by atoms with van der Waals surface area (Å²) in [6, 6.07) is 12.4. The molecule has 1 atom stereocenters. The molecule has 162 valence electrons. The van der Waals surface area contributed by atoms with Gasteiger partial charge in [-0.1, -0.05) is 31.5 Å². The third-order valence-corrected chi connectivity index (χ3v) is 4.66. The number of esters is 1. The monoisotopic (exact) mass is 422 g/mol. The third-order valence-electron chi connectivity index (χ3n) is 4.66. The molecular formula is C24H26N2O5. The first kappa shape index (κ1) is 22.1. The quantitative estimate of drug-likeness (QED) is 0.312. The van der Waals surface area contributed by atoms with Crippen molar-refractivity contribution in [2.45, 2.75) is 32.8 Å². The fourth-order valence-electron chi connectivity index (χ4n) is 2.96. The number of hydrogen-bond donors (Lipinski definition) is 1. The van der Waals surface area contributed by atoms with Gasteiger partial charge in [0.2, 0.25) is 0 Å². The largest absolute Gasteiger partial charge is 0.493 e. The molecule has 7 heteroatoms. The Bertz CT molecular complexity index is 1140. The summed E-state index contributed by atoms with van der Waals surface area (Å²) in [5, 5.41) is 0.487. The van der Waals surface area contributed by atoms with Gasteiger partial charge in [-0.3, -0.25) is 4.79 Å². The number of nitrogens with one attached hydrogen (secondary N) is 1. The number of H-pyrrole nitrogens is 1. The van der Waals surface area contributed by atoms with Crippen molar-refractivity contribution in [2.24, 2.45) is 0 Å². The zero-order valence-electron chi connectivity index (χ0n) is 17.9. The van der Waals surface area contributed by atoms with Gasteiger partial charge < -0.3 is 19.2 Å². The highest BCUT2D eigenvalue weighted by molar-refractivity contribution is 5.87. The standard InChI is InChI=1S/C24H26N2O5/c1-4-5-14-30-20-12-10-17(15-21(20)29-3)11-13-22(27)31-16(2)23-25-19-9-7-6-8-18(19)24(28)26-23/h6-13,15-16H,4-5,14H2,1-3H3,(H,25,26,28)/b13-11+/t16-/m0/s1. The Balaban J connectivity index is 1.66. The van der Waals surface area contributed by atoms with Crippen molar-refractivity contribution in [3.8, 4) is 11.5 Å². The minimum atomic E-state index is -0.710. The summed E-state index contributed by atoms with van der Waals surface area (Å²) < 4.78 is 16.5. The van der Waals surface area contributed by atoms with E-state index in [1.54, 1.807) is 50.4 Å². The van der Waals surface area contributed by atoms with Crippen LogP contribution < -0.4 is 15.0 Å². The summed E-state index contributed by atoms with van der Waals surface area (Å²) in [4.78, 5) is 31.5. The van der Waals surface area contributed by atoms with Crippen LogP contribution in [0.4, 0.5) is 0 Å². The Hall–Kier alpha value is -3.61. The predicted molar refractivity (Wildman–Crippen MR) is 119 cm³/mol. The van der Waals surface area contributed by atoms with Crippen molar-refractivity contribution in [2.75, 3.05) is 13.7 Å². The number of rotatable bonds is 9. The van der Waals surface area contributed by atoms with Crippen LogP contribution in [-0.2, 0) is 9.53 Å². The van der Waals surface area contributed by atoms with E-state index in [-0.39, 0.29) is 5.56 Å². The second kappa shape index (κ2) is 10.4. The fourth-order valence-corrected chi connectivity index (χ4v) is 2.96. The number of unbranched alkanes of at least 4 members (excludes halogenated alkanes) is 1. The molecule has 1 N–H and O–H groups in total. The number of nitrogens with zero attached hydrogens (tertiary/aromatic N) is 1. The number of ether oxygens (including phenoxy) is 3. The number of para-hydroxylation sites is 1. The van der Waals surface area contributed by atoms with Gasteiger partial charge in [0.05, 0.1) is 24.6 Å². The Labute approximate surface area is 180 Å². The average Bonchev–Trinajstić information content (AvgIpc) is 2.78. The zero-order chi connectivity index (χ0) is 22.2. The summed E-state index contributed by atoms with van der Waals surface area (Å²) in [5.41, 5.74) is 1.04. The summed E-state index contributed by atoms with van der Waals surface area (Å²) in [6.45, 7) is 4.38. The number of benzene rings is 2. The lowest BCUT2D eigenvalue weighted by molar-refractivity contribution is -0.142. The average molecular weight is 422 g/mol. The number of aromatic amines is 1. The maximum Gasteiger partial charge on any atom is 0.331 e. The Morgan fingerprint density at radius 2 is 2.00 bits per heavy atom. The number of hydrogen-bond acceptors (Lipinski definition) is 6. The van der Waals surface area contributed by atoms with E-state index in [4.69, 9.17) is 14.2 Å². The molecule has 0 unspecified atom stereocenters. The molecular weight excluding hydrogens is 396 g/mol. The van der Waals surface area contributed by atoms with Crippen LogP contribution in [0.3, 0.4) is 0 Å². The van der Waals surface area contributed by atoms with Crippen LogP contribution in [0.25, 0.3) is 17.0 Å². The minimum Gasteiger partial charge on any atom is -0.493 e. The van der Waals surface area contributed by atoms with Gasteiger partial charge in [0.25, 0.3) is 5.56 Å². The van der Waals surface area contributed by atoms with Crippen LogP contribution >= 0.6 is 0 Å². The fraction of sp³-hybridized carbons (Fsp3) is 0.292. The van der Waals surface area contributed by atoms with Crippen molar-refractivity contribution in [3.63, 3.8) is 0 Å². The first-order chi connectivity index (χ1) is 15.0. The number of fused-ring (bicyclic) bond motifs is 1. The van der Waals surface area contributed by atoms with E-state index < -0.39 is 12.1 Å². The molecule has 0 bridgehead atoms. The first-order valence-corrected chi connectivity index (χ1v) is 10.2. The van der Waals surface area contributed by atoms with Crippen LogP contribution in [0.1, 0.15) is 44.2 Å². The van der Waals surface area contributed by atoms with Crippen molar-refractivity contribution in [1.82, 2.24) is 9.97 Å². The lowest BCUT2D eigenvalue weighted by Gasteiger charge is -2.12. The van der Waals surface area contributed by atoms with Gasteiger partial charge in [-0.15, -0.1) is 0 Å². The molecule has 0 amide bonds. The van der Waals surface area contributed by atoms with Gasteiger partial charge >= 0.3 is 5.97 Å². The lowest BCUT2D eigenvalue weighted by atomic mass is 10.2. The Morgan fingerprint density at radius 1 is 1.19 bits per heavy atom. The van der Waals surface area contributed by atoms with Gasteiger partial charge in [0.15, 0.2) is 23.4 Å². The molecule has 1 heterocycles. The lowest BCUT2D eigenvalue weighted by Crippen LogP contribution is -2.16. The van der Waals surface area contributed by atoms with Gasteiger partial charge in [-0.2, -0.15) is 0 Å². The van der Waals surface area contributed by atoms with Gasteiger partial charge in [0.1, 0.15) is 0 Å². The summed E-state index contributed by atoms with van der Waals surface area (Å²) in [7, 11) is 1.57. The second-order valence-electron chi connectivity index (χ2n) is 6.99. The van der Waals surface area contributed by atoms with Crippen LogP contribution in [0.5, 0.6) is 11.5 Å². The van der Waals surface area contributed by atoms with E-state index >= 15 is 0 Å². The number of carbonyl (C=O) groups is 1. The van der Waals surface area contributed by atoms with E-state index in [0.717, 1.165) is 18.4 Å². The number of aromatic nitrogens is 2. The molecule has 0 spiro atoms. The topological polar surface area (TPSA) is 90.5 Å². The molecule has 31 heavy (non-hydrogen) atoms. The molecule has 0 saturated carbocycles. The van der Waals surface area contributed by atoms with Gasteiger partial charge in [0, 0.05) is 6.08 Å². The molecule has 0 aliphatic heterocycles. The summed E-state index contributed by atoms with van der Waals surface area (Å²) in [5.74, 6) is 1.000. The Kier molecular flexibility index (Phi) is 7.43. The highest BCUT2D eigenvalue weighted by Crippen LogP contribution is 2.28. The van der Waals surface area contributed by atoms with Crippen molar-refractivity contribution < 1.29 is 19.0 Å². The minimum absolute atomic E-state index is 0.271.